The molecular formula is C13H21N3O2S. The zero-order valence-electron chi connectivity index (χ0n) is 11.2. The molecule has 0 radical (unpaired) electrons. The summed E-state index contributed by atoms with van der Waals surface area (Å²) in [5, 5.41) is 0. The van der Waals surface area contributed by atoms with E-state index in [4.69, 9.17) is 5.73 Å². The maximum atomic E-state index is 12.7. The molecule has 1 saturated heterocycles. The molecule has 2 N–H and O–H groups in total. The Morgan fingerprint density at radius 2 is 1.84 bits per heavy atom. The van der Waals surface area contributed by atoms with Gasteiger partial charge in [-0.05, 0) is 31.9 Å². The van der Waals surface area contributed by atoms with Crippen LogP contribution in [-0.2, 0) is 10.2 Å². The lowest BCUT2D eigenvalue weighted by Crippen LogP contribution is -2.46. The average Bonchev–Trinajstić information content (AvgIpc) is 2.42. The van der Waals surface area contributed by atoms with Crippen LogP contribution in [0.15, 0.2) is 24.3 Å². The quantitative estimate of drug-likeness (QED) is 0.857. The number of para-hydroxylation sites is 2. The van der Waals surface area contributed by atoms with Crippen molar-refractivity contribution in [2.75, 3.05) is 29.7 Å². The summed E-state index contributed by atoms with van der Waals surface area (Å²) in [6.45, 7) is 3.41. The van der Waals surface area contributed by atoms with Crippen molar-refractivity contribution in [2.24, 2.45) is 0 Å². The molecule has 0 aliphatic carbocycles. The highest BCUT2D eigenvalue weighted by molar-refractivity contribution is 7.90. The largest absolute Gasteiger partial charge is 0.397 e. The highest BCUT2D eigenvalue weighted by Gasteiger charge is 2.30. The minimum absolute atomic E-state index is 0.382. The molecule has 19 heavy (non-hydrogen) atoms. The van der Waals surface area contributed by atoms with Crippen molar-refractivity contribution in [2.45, 2.75) is 26.2 Å². The first-order valence-corrected chi connectivity index (χ1v) is 8.09. The Morgan fingerprint density at radius 3 is 2.42 bits per heavy atom. The number of piperidine rings is 1. The molecule has 1 aromatic rings. The standard InChI is InChI=1S/C13H21N3O2S/c1-2-16(13-9-5-4-8-12(13)14)19(17,18)15-10-6-3-7-11-15/h4-5,8-9H,2-3,6-7,10-11,14H2,1H3. The van der Waals surface area contributed by atoms with Gasteiger partial charge < -0.3 is 5.73 Å². The van der Waals surface area contributed by atoms with Crippen LogP contribution >= 0.6 is 0 Å². The molecule has 1 fully saturated rings. The Hall–Kier alpha value is -1.27. The van der Waals surface area contributed by atoms with E-state index in [2.05, 4.69) is 0 Å². The van der Waals surface area contributed by atoms with Crippen molar-refractivity contribution < 1.29 is 8.42 Å². The lowest BCUT2D eigenvalue weighted by atomic mass is 10.2. The molecule has 6 heteroatoms. The van der Waals surface area contributed by atoms with Gasteiger partial charge in [-0.25, -0.2) is 0 Å². The molecule has 106 valence electrons. The van der Waals surface area contributed by atoms with Crippen LogP contribution in [0.25, 0.3) is 0 Å². The summed E-state index contributed by atoms with van der Waals surface area (Å²) in [6.07, 6.45) is 2.97. The Labute approximate surface area is 115 Å². The number of rotatable bonds is 4. The fourth-order valence-electron chi connectivity index (χ4n) is 2.41. The van der Waals surface area contributed by atoms with Gasteiger partial charge in [0.2, 0.25) is 0 Å². The average molecular weight is 283 g/mol. The molecule has 0 amide bonds. The zero-order chi connectivity index (χ0) is 13.9. The molecule has 0 atom stereocenters. The number of benzene rings is 1. The first-order chi connectivity index (χ1) is 9.07. The second-order valence-corrected chi connectivity index (χ2v) is 6.54. The van der Waals surface area contributed by atoms with Crippen molar-refractivity contribution in [3.05, 3.63) is 24.3 Å². The second-order valence-electron chi connectivity index (χ2n) is 4.69. The molecular weight excluding hydrogens is 262 g/mol. The third-order valence-corrected chi connectivity index (χ3v) is 5.44. The van der Waals surface area contributed by atoms with Gasteiger partial charge in [0.25, 0.3) is 0 Å². The molecule has 1 aliphatic rings. The van der Waals surface area contributed by atoms with Gasteiger partial charge >= 0.3 is 10.2 Å². The van der Waals surface area contributed by atoms with Gasteiger partial charge in [0.15, 0.2) is 0 Å². The van der Waals surface area contributed by atoms with Gasteiger partial charge in [0.05, 0.1) is 11.4 Å². The number of nitrogen functional groups attached to an aromatic ring is 1. The fourth-order valence-corrected chi connectivity index (χ4v) is 4.15. The number of nitrogens with two attached hydrogens (primary N) is 1. The second kappa shape index (κ2) is 5.79. The van der Waals surface area contributed by atoms with Crippen molar-refractivity contribution in [3.8, 4) is 0 Å². The van der Waals surface area contributed by atoms with E-state index in [0.29, 0.717) is 31.0 Å². The molecule has 5 nitrogen and oxygen atoms in total. The predicted octanol–water partition coefficient (Wildman–Crippen LogP) is 1.83. The van der Waals surface area contributed by atoms with E-state index in [0.717, 1.165) is 19.3 Å². The summed E-state index contributed by atoms with van der Waals surface area (Å²) in [5.41, 5.74) is 6.95. The molecule has 1 aromatic carbocycles. The van der Waals surface area contributed by atoms with Crippen LogP contribution in [0.3, 0.4) is 0 Å². The van der Waals surface area contributed by atoms with E-state index in [9.17, 15) is 8.42 Å². The molecule has 2 rings (SSSR count). The van der Waals surface area contributed by atoms with E-state index in [1.165, 1.54) is 4.31 Å². The summed E-state index contributed by atoms with van der Waals surface area (Å²) in [5.74, 6) is 0. The zero-order valence-corrected chi connectivity index (χ0v) is 12.1. The van der Waals surface area contributed by atoms with Crippen LogP contribution < -0.4 is 10.0 Å². The van der Waals surface area contributed by atoms with Crippen molar-refractivity contribution in [1.82, 2.24) is 4.31 Å². The maximum absolute atomic E-state index is 12.7. The molecule has 0 unspecified atom stereocenters. The summed E-state index contributed by atoms with van der Waals surface area (Å²) >= 11 is 0. The van der Waals surface area contributed by atoms with Gasteiger partial charge in [-0.3, -0.25) is 4.31 Å². The Balaban J connectivity index is 2.33. The number of nitrogens with zero attached hydrogens (tertiary/aromatic N) is 2. The summed E-state index contributed by atoms with van der Waals surface area (Å²) in [4.78, 5) is 0. The van der Waals surface area contributed by atoms with Crippen molar-refractivity contribution >= 4 is 21.6 Å². The van der Waals surface area contributed by atoms with Gasteiger partial charge in [-0.2, -0.15) is 12.7 Å². The third kappa shape index (κ3) is 2.84. The van der Waals surface area contributed by atoms with Crippen LogP contribution in [0.1, 0.15) is 26.2 Å². The summed E-state index contributed by atoms with van der Waals surface area (Å²) < 4.78 is 28.3. The lowest BCUT2D eigenvalue weighted by Gasteiger charge is -2.33. The highest BCUT2D eigenvalue weighted by atomic mass is 32.2. The molecule has 0 aromatic heterocycles. The minimum Gasteiger partial charge on any atom is -0.397 e. The number of anilines is 2. The Kier molecular flexibility index (Phi) is 4.31. The fraction of sp³-hybridized carbons (Fsp3) is 0.538. The number of hydrogen-bond donors (Lipinski definition) is 1. The van der Waals surface area contributed by atoms with Gasteiger partial charge in [0.1, 0.15) is 0 Å². The molecule has 0 saturated carbocycles. The van der Waals surface area contributed by atoms with Gasteiger partial charge in [-0.1, -0.05) is 18.6 Å². The predicted molar refractivity (Wildman–Crippen MR) is 78.2 cm³/mol. The van der Waals surface area contributed by atoms with Gasteiger partial charge in [-0.15, -0.1) is 0 Å². The van der Waals surface area contributed by atoms with Gasteiger partial charge in [0, 0.05) is 19.6 Å². The lowest BCUT2D eigenvalue weighted by molar-refractivity contribution is 0.345. The minimum atomic E-state index is -3.46. The first-order valence-electron chi connectivity index (χ1n) is 6.69. The van der Waals surface area contributed by atoms with Crippen LogP contribution in [0.2, 0.25) is 0 Å². The van der Waals surface area contributed by atoms with Crippen molar-refractivity contribution in [3.63, 3.8) is 0 Å². The third-order valence-electron chi connectivity index (χ3n) is 3.41. The summed E-state index contributed by atoms with van der Waals surface area (Å²) in [6, 6.07) is 7.09. The number of hydrogen-bond acceptors (Lipinski definition) is 3. The van der Waals surface area contributed by atoms with E-state index >= 15 is 0 Å². The Morgan fingerprint density at radius 1 is 1.21 bits per heavy atom. The normalized spacial score (nSPS) is 17.3. The monoisotopic (exact) mass is 283 g/mol. The van der Waals surface area contributed by atoms with E-state index in [1.54, 1.807) is 28.6 Å². The topological polar surface area (TPSA) is 66.6 Å². The Bertz CT molecular complexity index is 524. The van der Waals surface area contributed by atoms with Crippen LogP contribution in [-0.4, -0.2) is 32.4 Å². The van der Waals surface area contributed by atoms with Crippen molar-refractivity contribution in [1.29, 1.82) is 0 Å². The first kappa shape index (κ1) is 14.1. The maximum Gasteiger partial charge on any atom is 0.304 e. The van der Waals surface area contributed by atoms with Crippen LogP contribution in [0, 0.1) is 0 Å². The highest BCUT2D eigenvalue weighted by Crippen LogP contribution is 2.27. The van der Waals surface area contributed by atoms with Crippen LogP contribution in [0.5, 0.6) is 0 Å². The van der Waals surface area contributed by atoms with E-state index in [1.807, 2.05) is 6.92 Å². The molecule has 1 aliphatic heterocycles. The molecule has 1 heterocycles. The molecule has 0 spiro atoms. The smallest absolute Gasteiger partial charge is 0.304 e. The van der Waals surface area contributed by atoms with E-state index in [-0.39, 0.29) is 0 Å². The van der Waals surface area contributed by atoms with Crippen LogP contribution in [0.4, 0.5) is 11.4 Å². The molecule has 0 bridgehead atoms. The van der Waals surface area contributed by atoms with E-state index < -0.39 is 10.2 Å². The summed E-state index contributed by atoms with van der Waals surface area (Å²) in [7, 11) is -3.46. The SMILES string of the molecule is CCN(c1ccccc1N)S(=O)(=O)N1CCCCC1.